The number of nitrogens with one attached hydrogen (secondary N) is 1. The van der Waals surface area contributed by atoms with Gasteiger partial charge in [0.2, 0.25) is 0 Å². The Hall–Kier alpha value is -1.59. The fourth-order valence-corrected chi connectivity index (χ4v) is 2.71. The largest absolute Gasteiger partial charge is 0.445 e. The molecule has 0 aliphatic heterocycles. The molecule has 116 valence electrons. The first kappa shape index (κ1) is 15.8. The molecular formula is C16H23NO4. The fraction of sp³-hybridized carbons (Fsp3) is 0.562. The Kier molecular flexibility index (Phi) is 5.59. The molecule has 5 heteroatoms. The van der Waals surface area contributed by atoms with Gasteiger partial charge in [-0.2, -0.15) is 0 Å². The van der Waals surface area contributed by atoms with Crippen molar-refractivity contribution in [2.75, 3.05) is 14.2 Å². The monoisotopic (exact) mass is 293 g/mol. The number of hydrogen-bond donors (Lipinski definition) is 1. The molecule has 1 amide bonds. The van der Waals surface area contributed by atoms with Crippen LogP contribution in [0.15, 0.2) is 30.3 Å². The SMILES string of the molecule is COC1(OC)CCCC(NC(=O)OCc2ccccc2)C1. The summed E-state index contributed by atoms with van der Waals surface area (Å²) in [7, 11) is 3.28. The van der Waals surface area contributed by atoms with Crippen molar-refractivity contribution in [2.45, 2.75) is 44.1 Å². The average molecular weight is 293 g/mol. The number of alkyl carbamates (subject to hydrolysis) is 1. The van der Waals surface area contributed by atoms with Gasteiger partial charge in [-0.05, 0) is 18.4 Å². The van der Waals surface area contributed by atoms with E-state index in [1.54, 1.807) is 14.2 Å². The summed E-state index contributed by atoms with van der Waals surface area (Å²) in [6, 6.07) is 9.64. The van der Waals surface area contributed by atoms with Crippen molar-refractivity contribution in [3.63, 3.8) is 0 Å². The average Bonchev–Trinajstić information content (AvgIpc) is 2.54. The van der Waals surface area contributed by atoms with Gasteiger partial charge >= 0.3 is 6.09 Å². The van der Waals surface area contributed by atoms with Crippen LogP contribution in [0, 0.1) is 0 Å². The molecule has 1 N–H and O–H groups in total. The zero-order valence-electron chi connectivity index (χ0n) is 12.6. The van der Waals surface area contributed by atoms with Gasteiger partial charge in [-0.1, -0.05) is 30.3 Å². The second-order valence-corrected chi connectivity index (χ2v) is 5.32. The molecule has 2 rings (SSSR count). The summed E-state index contributed by atoms with van der Waals surface area (Å²) in [5.74, 6) is -0.588. The summed E-state index contributed by atoms with van der Waals surface area (Å²) in [6.45, 7) is 0.277. The predicted molar refractivity (Wildman–Crippen MR) is 78.8 cm³/mol. The van der Waals surface area contributed by atoms with Crippen LogP contribution in [0.2, 0.25) is 0 Å². The van der Waals surface area contributed by atoms with Crippen LogP contribution in [0.1, 0.15) is 31.2 Å². The van der Waals surface area contributed by atoms with Gasteiger partial charge in [0.05, 0.1) is 0 Å². The molecule has 0 saturated heterocycles. The zero-order chi connectivity index (χ0) is 15.1. The first-order chi connectivity index (χ1) is 10.2. The molecule has 1 atom stereocenters. The van der Waals surface area contributed by atoms with Crippen LogP contribution in [0.3, 0.4) is 0 Å². The molecule has 1 aliphatic carbocycles. The van der Waals surface area contributed by atoms with Gasteiger partial charge in [0, 0.05) is 33.1 Å². The van der Waals surface area contributed by atoms with Gasteiger partial charge in [0.25, 0.3) is 0 Å². The normalized spacial score (nSPS) is 20.8. The van der Waals surface area contributed by atoms with E-state index >= 15 is 0 Å². The van der Waals surface area contributed by atoms with Crippen molar-refractivity contribution >= 4 is 6.09 Å². The van der Waals surface area contributed by atoms with Gasteiger partial charge in [-0.25, -0.2) is 4.79 Å². The van der Waals surface area contributed by atoms with Crippen LogP contribution in [0.4, 0.5) is 4.79 Å². The van der Waals surface area contributed by atoms with E-state index in [2.05, 4.69) is 5.32 Å². The highest BCUT2D eigenvalue weighted by Crippen LogP contribution is 2.31. The van der Waals surface area contributed by atoms with E-state index in [4.69, 9.17) is 14.2 Å². The molecule has 0 bridgehead atoms. The maximum absolute atomic E-state index is 11.9. The maximum atomic E-state index is 11.9. The minimum atomic E-state index is -0.588. The number of carbonyl (C=O) groups is 1. The molecule has 0 heterocycles. The van der Waals surface area contributed by atoms with E-state index in [1.807, 2.05) is 30.3 Å². The number of amides is 1. The first-order valence-electron chi connectivity index (χ1n) is 7.25. The van der Waals surface area contributed by atoms with Crippen LogP contribution in [0.25, 0.3) is 0 Å². The third-order valence-corrected chi connectivity index (χ3v) is 3.95. The van der Waals surface area contributed by atoms with Gasteiger partial charge in [0.15, 0.2) is 5.79 Å². The highest BCUT2D eigenvalue weighted by molar-refractivity contribution is 5.67. The summed E-state index contributed by atoms with van der Waals surface area (Å²) in [4.78, 5) is 11.9. The van der Waals surface area contributed by atoms with Crippen LogP contribution >= 0.6 is 0 Å². The second kappa shape index (κ2) is 7.43. The van der Waals surface area contributed by atoms with Gasteiger partial charge in [-0.15, -0.1) is 0 Å². The summed E-state index contributed by atoms with van der Waals surface area (Å²) in [5.41, 5.74) is 0.972. The Morgan fingerprint density at radius 2 is 2.00 bits per heavy atom. The van der Waals surface area contributed by atoms with E-state index < -0.39 is 11.9 Å². The molecule has 1 fully saturated rings. The predicted octanol–water partition coefficient (Wildman–Crippen LogP) is 2.84. The molecule has 1 unspecified atom stereocenters. The lowest BCUT2D eigenvalue weighted by Gasteiger charge is -2.38. The van der Waals surface area contributed by atoms with Crippen LogP contribution in [-0.4, -0.2) is 32.1 Å². The number of hydrogen-bond acceptors (Lipinski definition) is 4. The highest BCUT2D eigenvalue weighted by Gasteiger charge is 2.37. The van der Waals surface area contributed by atoms with Crippen LogP contribution in [0.5, 0.6) is 0 Å². The quantitative estimate of drug-likeness (QED) is 0.848. The van der Waals surface area contributed by atoms with E-state index in [1.165, 1.54) is 0 Å². The lowest BCUT2D eigenvalue weighted by Crippen LogP contribution is -2.47. The molecule has 5 nitrogen and oxygen atoms in total. The lowest BCUT2D eigenvalue weighted by molar-refractivity contribution is -0.226. The van der Waals surface area contributed by atoms with Crippen LogP contribution < -0.4 is 5.32 Å². The minimum absolute atomic E-state index is 0.0157. The van der Waals surface area contributed by atoms with Gasteiger partial charge < -0.3 is 19.5 Å². The Morgan fingerprint density at radius 1 is 1.29 bits per heavy atom. The fourth-order valence-electron chi connectivity index (χ4n) is 2.71. The molecule has 1 aliphatic rings. The Morgan fingerprint density at radius 3 is 2.67 bits per heavy atom. The highest BCUT2D eigenvalue weighted by atomic mass is 16.7. The molecule has 0 radical (unpaired) electrons. The minimum Gasteiger partial charge on any atom is -0.445 e. The van der Waals surface area contributed by atoms with E-state index in [9.17, 15) is 4.79 Å². The molecule has 1 aromatic rings. The van der Waals surface area contributed by atoms with E-state index in [0.717, 1.165) is 24.8 Å². The standard InChI is InChI=1S/C16H23NO4/c1-19-16(20-2)10-6-9-14(11-16)17-15(18)21-12-13-7-4-3-5-8-13/h3-5,7-8,14H,6,9-12H2,1-2H3,(H,17,18). The molecule has 1 saturated carbocycles. The smallest absolute Gasteiger partial charge is 0.407 e. The van der Waals surface area contributed by atoms with E-state index in [-0.39, 0.29) is 12.6 Å². The number of carbonyl (C=O) groups excluding carboxylic acids is 1. The van der Waals surface area contributed by atoms with Crippen molar-refractivity contribution in [1.82, 2.24) is 5.32 Å². The number of benzene rings is 1. The van der Waals surface area contributed by atoms with Gasteiger partial charge in [-0.3, -0.25) is 0 Å². The summed E-state index contributed by atoms with van der Waals surface area (Å²) in [5, 5.41) is 2.89. The summed E-state index contributed by atoms with van der Waals surface area (Å²) in [6.07, 6.45) is 2.95. The van der Waals surface area contributed by atoms with Crippen molar-refractivity contribution in [3.05, 3.63) is 35.9 Å². The number of rotatable bonds is 5. The molecule has 21 heavy (non-hydrogen) atoms. The summed E-state index contributed by atoms with van der Waals surface area (Å²) >= 11 is 0. The summed E-state index contributed by atoms with van der Waals surface area (Å²) < 4.78 is 16.1. The lowest BCUT2D eigenvalue weighted by atomic mass is 9.90. The van der Waals surface area contributed by atoms with Crippen LogP contribution in [-0.2, 0) is 20.8 Å². The Labute approximate surface area is 125 Å². The second-order valence-electron chi connectivity index (χ2n) is 5.32. The van der Waals surface area contributed by atoms with E-state index in [0.29, 0.717) is 6.42 Å². The molecule has 1 aromatic carbocycles. The Balaban J connectivity index is 1.79. The zero-order valence-corrected chi connectivity index (χ0v) is 12.6. The number of methoxy groups -OCH3 is 2. The third-order valence-electron chi connectivity index (χ3n) is 3.95. The Bertz CT molecular complexity index is 445. The molecular weight excluding hydrogens is 270 g/mol. The molecule has 0 aromatic heterocycles. The third kappa shape index (κ3) is 4.44. The van der Waals surface area contributed by atoms with Crippen molar-refractivity contribution in [3.8, 4) is 0 Å². The van der Waals surface area contributed by atoms with Crippen molar-refractivity contribution in [1.29, 1.82) is 0 Å². The topological polar surface area (TPSA) is 56.8 Å². The van der Waals surface area contributed by atoms with Gasteiger partial charge in [0.1, 0.15) is 6.61 Å². The maximum Gasteiger partial charge on any atom is 0.407 e. The van der Waals surface area contributed by atoms with Crippen molar-refractivity contribution < 1.29 is 19.0 Å². The molecule has 0 spiro atoms. The first-order valence-corrected chi connectivity index (χ1v) is 7.25. The number of ether oxygens (including phenoxy) is 3. The van der Waals surface area contributed by atoms with Crippen molar-refractivity contribution in [2.24, 2.45) is 0 Å².